The predicted molar refractivity (Wildman–Crippen MR) is 152 cm³/mol. The van der Waals surface area contributed by atoms with Gasteiger partial charge in [0.1, 0.15) is 5.78 Å². The van der Waals surface area contributed by atoms with Crippen LogP contribution in [0.15, 0.2) is 0 Å². The Bertz CT molecular complexity index is 416. The van der Waals surface area contributed by atoms with Crippen LogP contribution < -0.4 is 0 Å². The fourth-order valence-electron chi connectivity index (χ4n) is 4.03. The molecule has 0 bridgehead atoms. The highest BCUT2D eigenvalue weighted by Gasteiger charge is 2.05. The van der Waals surface area contributed by atoms with Crippen molar-refractivity contribution in [1.82, 2.24) is 0 Å². The first-order valence-electron chi connectivity index (χ1n) is 15.0. The molecule has 5 heteroatoms. The number of Topliss-reactive ketones (excluding diaryl/α,β-unsaturated/α-hetero) is 1. The van der Waals surface area contributed by atoms with Gasteiger partial charge in [0.2, 0.25) is 0 Å². The maximum absolute atomic E-state index is 12.0. The zero-order valence-electron chi connectivity index (χ0n) is 23.4. The maximum atomic E-state index is 12.0. The summed E-state index contributed by atoms with van der Waals surface area (Å²) in [6, 6.07) is 0. The van der Waals surface area contributed by atoms with Gasteiger partial charge in [-0.3, -0.25) is 9.59 Å². The van der Waals surface area contributed by atoms with Gasteiger partial charge in [0, 0.05) is 37.6 Å². The average molecular weight is 515 g/mol. The van der Waals surface area contributed by atoms with Crippen LogP contribution in [0, 0.1) is 0 Å². The SMILES string of the molecule is CCCCCCCCCCCCOC(=O)CCSCCC(=O)CCCCCCOCCCCCC. The lowest BCUT2D eigenvalue weighted by molar-refractivity contribution is -0.143. The molecule has 0 saturated carbocycles. The van der Waals surface area contributed by atoms with Gasteiger partial charge in [-0.2, -0.15) is 11.8 Å². The molecule has 0 aliphatic heterocycles. The molecule has 0 fully saturated rings. The third-order valence-electron chi connectivity index (χ3n) is 6.37. The Morgan fingerprint density at radius 3 is 1.57 bits per heavy atom. The van der Waals surface area contributed by atoms with E-state index < -0.39 is 0 Å². The molecule has 35 heavy (non-hydrogen) atoms. The predicted octanol–water partition coefficient (Wildman–Crippen LogP) is 9.08. The van der Waals surface area contributed by atoms with Crippen LogP contribution >= 0.6 is 11.8 Å². The molecule has 0 N–H and O–H groups in total. The molecule has 0 heterocycles. The molecule has 0 aliphatic rings. The third-order valence-corrected chi connectivity index (χ3v) is 7.36. The van der Waals surface area contributed by atoms with E-state index in [0.29, 0.717) is 31.7 Å². The van der Waals surface area contributed by atoms with Crippen LogP contribution in [0.3, 0.4) is 0 Å². The highest BCUT2D eigenvalue weighted by molar-refractivity contribution is 7.99. The zero-order valence-corrected chi connectivity index (χ0v) is 24.2. The summed E-state index contributed by atoms with van der Waals surface area (Å²) in [5, 5.41) is 0. The Hall–Kier alpha value is -0.550. The number of esters is 1. The lowest BCUT2D eigenvalue weighted by Crippen LogP contribution is -2.07. The molecule has 0 amide bonds. The minimum atomic E-state index is -0.0929. The van der Waals surface area contributed by atoms with Crippen LogP contribution in [0.1, 0.15) is 149 Å². The van der Waals surface area contributed by atoms with Gasteiger partial charge in [-0.1, -0.05) is 104 Å². The number of thioether (sulfide) groups is 1. The smallest absolute Gasteiger partial charge is 0.306 e. The third kappa shape index (κ3) is 29.6. The summed E-state index contributed by atoms with van der Waals surface area (Å²) in [5.41, 5.74) is 0. The topological polar surface area (TPSA) is 52.6 Å². The van der Waals surface area contributed by atoms with Crippen LogP contribution in [0.2, 0.25) is 0 Å². The van der Waals surface area contributed by atoms with Crippen molar-refractivity contribution in [2.75, 3.05) is 31.3 Å². The van der Waals surface area contributed by atoms with E-state index in [-0.39, 0.29) is 5.97 Å². The number of carbonyl (C=O) groups excluding carboxylic acids is 2. The van der Waals surface area contributed by atoms with Crippen molar-refractivity contribution in [2.45, 2.75) is 149 Å². The Morgan fingerprint density at radius 2 is 0.971 bits per heavy atom. The molecular weight excluding hydrogens is 456 g/mol. The Morgan fingerprint density at radius 1 is 0.514 bits per heavy atom. The second-order valence-electron chi connectivity index (χ2n) is 9.89. The molecule has 0 radical (unpaired) electrons. The summed E-state index contributed by atoms with van der Waals surface area (Å²) < 4.78 is 11.0. The van der Waals surface area contributed by atoms with Gasteiger partial charge in [0.05, 0.1) is 13.0 Å². The number of carbonyl (C=O) groups is 2. The van der Waals surface area contributed by atoms with E-state index in [1.807, 2.05) is 0 Å². The van der Waals surface area contributed by atoms with Gasteiger partial charge >= 0.3 is 5.97 Å². The Balaban J connectivity index is 3.27. The molecule has 208 valence electrons. The van der Waals surface area contributed by atoms with E-state index in [9.17, 15) is 9.59 Å². The molecular formula is C30H58O4S. The van der Waals surface area contributed by atoms with Crippen LogP contribution in [-0.2, 0) is 19.1 Å². The summed E-state index contributed by atoms with van der Waals surface area (Å²) in [6.45, 7) is 6.80. The van der Waals surface area contributed by atoms with Gasteiger partial charge in [0.25, 0.3) is 0 Å². The van der Waals surface area contributed by atoms with E-state index >= 15 is 0 Å². The van der Waals surface area contributed by atoms with Gasteiger partial charge in [-0.15, -0.1) is 0 Å². The molecule has 0 rings (SSSR count). The molecule has 0 aliphatic carbocycles. The second-order valence-corrected chi connectivity index (χ2v) is 11.1. The van der Waals surface area contributed by atoms with E-state index in [4.69, 9.17) is 9.47 Å². The van der Waals surface area contributed by atoms with E-state index in [1.54, 1.807) is 11.8 Å². The van der Waals surface area contributed by atoms with Crippen molar-refractivity contribution in [3.8, 4) is 0 Å². The van der Waals surface area contributed by atoms with E-state index in [2.05, 4.69) is 13.8 Å². The zero-order chi connectivity index (χ0) is 25.7. The van der Waals surface area contributed by atoms with Crippen LogP contribution in [0.5, 0.6) is 0 Å². The van der Waals surface area contributed by atoms with Crippen LogP contribution in [0.4, 0.5) is 0 Å². The molecule has 0 spiro atoms. The van der Waals surface area contributed by atoms with Crippen LogP contribution in [-0.4, -0.2) is 43.1 Å². The summed E-state index contributed by atoms with van der Waals surface area (Å²) in [7, 11) is 0. The largest absolute Gasteiger partial charge is 0.466 e. The number of hydrogen-bond donors (Lipinski definition) is 0. The highest BCUT2D eigenvalue weighted by atomic mass is 32.2. The van der Waals surface area contributed by atoms with Crippen molar-refractivity contribution in [3.05, 3.63) is 0 Å². The van der Waals surface area contributed by atoms with Crippen molar-refractivity contribution < 1.29 is 19.1 Å². The quantitative estimate of drug-likeness (QED) is 0.0736. The summed E-state index contributed by atoms with van der Waals surface area (Å²) >= 11 is 1.69. The molecule has 0 aromatic heterocycles. The fourth-order valence-corrected chi connectivity index (χ4v) is 4.92. The highest BCUT2D eigenvalue weighted by Crippen LogP contribution is 2.12. The van der Waals surface area contributed by atoms with E-state index in [0.717, 1.165) is 63.2 Å². The lowest BCUT2D eigenvalue weighted by Gasteiger charge is -2.06. The van der Waals surface area contributed by atoms with Crippen LogP contribution in [0.25, 0.3) is 0 Å². The van der Waals surface area contributed by atoms with Gasteiger partial charge in [-0.25, -0.2) is 0 Å². The first-order valence-corrected chi connectivity index (χ1v) is 16.2. The van der Waals surface area contributed by atoms with Gasteiger partial charge < -0.3 is 9.47 Å². The minimum absolute atomic E-state index is 0.0929. The molecule has 0 aromatic rings. The summed E-state index contributed by atoms with van der Waals surface area (Å²) in [4.78, 5) is 23.8. The molecule has 0 atom stereocenters. The number of unbranched alkanes of at least 4 members (excludes halogenated alkanes) is 15. The number of ketones is 1. The fraction of sp³-hybridized carbons (Fsp3) is 0.933. The monoisotopic (exact) mass is 514 g/mol. The first-order chi connectivity index (χ1) is 17.2. The summed E-state index contributed by atoms with van der Waals surface area (Å²) in [6.07, 6.45) is 24.0. The minimum Gasteiger partial charge on any atom is -0.466 e. The molecule has 0 saturated heterocycles. The Kier molecular flexibility index (Phi) is 29.2. The van der Waals surface area contributed by atoms with Gasteiger partial charge in [0.15, 0.2) is 0 Å². The number of rotatable bonds is 29. The van der Waals surface area contributed by atoms with Crippen molar-refractivity contribution in [1.29, 1.82) is 0 Å². The van der Waals surface area contributed by atoms with Crippen molar-refractivity contribution >= 4 is 23.5 Å². The Labute approximate surface area is 222 Å². The van der Waals surface area contributed by atoms with Crippen molar-refractivity contribution in [2.24, 2.45) is 0 Å². The second kappa shape index (κ2) is 29.7. The molecule has 0 aromatic carbocycles. The maximum Gasteiger partial charge on any atom is 0.306 e. The summed E-state index contributed by atoms with van der Waals surface area (Å²) in [5.74, 6) is 1.83. The number of ether oxygens (including phenoxy) is 2. The normalized spacial score (nSPS) is 11.1. The average Bonchev–Trinajstić information content (AvgIpc) is 2.85. The van der Waals surface area contributed by atoms with Gasteiger partial charge in [-0.05, 0) is 25.7 Å². The molecule has 4 nitrogen and oxygen atoms in total. The standard InChI is InChI=1S/C30H58O4S/c1-3-5-7-9-10-11-12-13-15-20-26-34-30(32)23-28-35-27-22-29(31)21-17-14-16-19-25-33-24-18-8-6-4-2/h3-28H2,1-2H3. The van der Waals surface area contributed by atoms with E-state index in [1.165, 1.54) is 77.0 Å². The lowest BCUT2D eigenvalue weighted by atomic mass is 10.1. The number of hydrogen-bond acceptors (Lipinski definition) is 5. The first kappa shape index (κ1) is 34.5. The van der Waals surface area contributed by atoms with Crippen molar-refractivity contribution in [3.63, 3.8) is 0 Å². The molecule has 0 unspecified atom stereocenters.